The summed E-state index contributed by atoms with van der Waals surface area (Å²) in [6.45, 7) is 15.8. The van der Waals surface area contributed by atoms with Gasteiger partial charge in [0.1, 0.15) is 11.9 Å². The number of ether oxygens (including phenoxy) is 2. The third-order valence-corrected chi connectivity index (χ3v) is 11.8. The number of carbonyl (C=O) groups excluding carboxylic acids is 2. The minimum atomic E-state index is -0.747. The second kappa shape index (κ2) is 8.41. The Morgan fingerprint density at radius 3 is 2.62 bits per heavy atom. The summed E-state index contributed by atoms with van der Waals surface area (Å²) in [4.78, 5) is 29.9. The number of Topliss-reactive ketones (excluding diaryl/α,β-unsaturated/α-hetero) is 1. The summed E-state index contributed by atoms with van der Waals surface area (Å²) < 4.78 is 27.4. The lowest BCUT2D eigenvalue weighted by Gasteiger charge is -2.55. The highest BCUT2D eigenvalue weighted by Gasteiger charge is 2.75. The maximum Gasteiger partial charge on any atom is 0.414 e. The van der Waals surface area contributed by atoms with Crippen LogP contribution in [0.4, 0.5) is 9.18 Å². The second-order valence-corrected chi connectivity index (χ2v) is 14.6. The van der Waals surface area contributed by atoms with Crippen LogP contribution in [-0.2, 0) is 14.3 Å². The molecular weight excluding hydrogens is 493 g/mol. The van der Waals surface area contributed by atoms with Gasteiger partial charge in [0.05, 0.1) is 23.3 Å². The SMILES string of the molecule is CC1=C[C@]23C(=O)[C@@H](C=C4COC(C)(C)C[C@H]4[C@]2(C)[C@H]1OC(=O)N(C)C1=C(F)C=CCC1)[C@H]1C(C[C@H]3C)C1(C)C. The summed E-state index contributed by atoms with van der Waals surface area (Å²) in [6, 6.07) is 0. The molecule has 39 heavy (non-hydrogen) atoms. The van der Waals surface area contributed by atoms with Crippen molar-refractivity contribution < 1.29 is 23.5 Å². The van der Waals surface area contributed by atoms with E-state index < -0.39 is 28.9 Å². The van der Waals surface area contributed by atoms with Crippen molar-refractivity contribution in [2.45, 2.75) is 85.9 Å². The number of hydrogen-bond acceptors (Lipinski definition) is 4. The predicted molar refractivity (Wildman–Crippen MR) is 148 cm³/mol. The van der Waals surface area contributed by atoms with E-state index in [1.165, 1.54) is 16.5 Å². The number of allylic oxidation sites excluding steroid dienone is 6. The number of halogens is 1. The molecular formula is C33H44FNO4. The van der Waals surface area contributed by atoms with Gasteiger partial charge in [0.2, 0.25) is 0 Å². The van der Waals surface area contributed by atoms with Crippen LogP contribution in [0.15, 0.2) is 47.0 Å². The Balaban J connectivity index is 1.47. The van der Waals surface area contributed by atoms with Gasteiger partial charge in [-0.2, -0.15) is 0 Å². The smallest absolute Gasteiger partial charge is 0.414 e. The third kappa shape index (κ3) is 3.52. The Hall–Kier alpha value is -2.21. The average Bonchev–Trinajstić information content (AvgIpc) is 3.36. The van der Waals surface area contributed by atoms with Gasteiger partial charge in [0.15, 0.2) is 5.78 Å². The molecule has 0 radical (unpaired) electrons. The highest BCUT2D eigenvalue weighted by atomic mass is 19.1. The topological polar surface area (TPSA) is 55.8 Å². The molecule has 212 valence electrons. The summed E-state index contributed by atoms with van der Waals surface area (Å²) in [7, 11) is 1.59. The summed E-state index contributed by atoms with van der Waals surface area (Å²) in [5, 5.41) is 0. The molecule has 1 saturated heterocycles. The van der Waals surface area contributed by atoms with Gasteiger partial charge in [-0.1, -0.05) is 45.9 Å². The van der Waals surface area contributed by atoms with Gasteiger partial charge < -0.3 is 9.47 Å². The average molecular weight is 538 g/mol. The molecule has 2 bridgehead atoms. The third-order valence-electron chi connectivity index (χ3n) is 11.8. The first kappa shape index (κ1) is 27.0. The minimum absolute atomic E-state index is 0.0152. The molecule has 1 unspecified atom stereocenters. The van der Waals surface area contributed by atoms with Crippen LogP contribution >= 0.6 is 0 Å². The Morgan fingerprint density at radius 1 is 1.21 bits per heavy atom. The van der Waals surface area contributed by atoms with Gasteiger partial charge in [-0.3, -0.25) is 9.69 Å². The standard InChI is InChI=1S/C33H44FNO4/c1-18-15-33-19(2)13-22-26(31(22,5)6)21(27(33)36)14-20-17-38-30(3,4)16-23(20)32(33,7)28(18)39-29(37)35(8)25-12-10-9-11-24(25)34/h9,11,14-15,19,21-23,26,28H,10,12-13,16-17H2,1-8H3/t19-,21+,22?,23-,26+,28+,32-,33+/m1/s1. The van der Waals surface area contributed by atoms with E-state index in [2.05, 4.69) is 53.7 Å². The molecule has 0 aromatic rings. The van der Waals surface area contributed by atoms with Gasteiger partial charge >= 0.3 is 6.09 Å². The van der Waals surface area contributed by atoms with Gasteiger partial charge in [0.25, 0.3) is 0 Å². The molecule has 0 N–H and O–H groups in total. The number of carbonyl (C=O) groups is 2. The summed E-state index contributed by atoms with van der Waals surface area (Å²) in [6.07, 6.45) is 9.35. The fraction of sp³-hybridized carbons (Fsp3) is 0.697. The summed E-state index contributed by atoms with van der Waals surface area (Å²) >= 11 is 0. The van der Waals surface area contributed by atoms with E-state index in [-0.39, 0.29) is 34.6 Å². The van der Waals surface area contributed by atoms with Crippen LogP contribution in [0.5, 0.6) is 0 Å². The minimum Gasteiger partial charge on any atom is -0.441 e. The van der Waals surface area contributed by atoms with E-state index in [1.807, 2.05) is 6.92 Å². The maximum atomic E-state index is 15.0. The van der Waals surface area contributed by atoms with Crippen molar-refractivity contribution in [3.05, 3.63) is 47.0 Å². The first-order chi connectivity index (χ1) is 18.2. The van der Waals surface area contributed by atoms with Crippen LogP contribution in [0.2, 0.25) is 0 Å². The van der Waals surface area contributed by atoms with Crippen LogP contribution in [0.3, 0.4) is 0 Å². The number of hydrogen-bond donors (Lipinski definition) is 0. The molecule has 3 fully saturated rings. The zero-order valence-electron chi connectivity index (χ0n) is 24.8. The summed E-state index contributed by atoms with van der Waals surface area (Å²) in [5.41, 5.74) is 0.800. The van der Waals surface area contributed by atoms with E-state index in [1.54, 1.807) is 13.1 Å². The predicted octanol–water partition coefficient (Wildman–Crippen LogP) is 7.16. The van der Waals surface area contributed by atoms with Crippen molar-refractivity contribution in [1.82, 2.24) is 4.90 Å². The molecule has 1 spiro atoms. The monoisotopic (exact) mass is 537 g/mol. The van der Waals surface area contributed by atoms with Crippen molar-refractivity contribution >= 4 is 11.9 Å². The fourth-order valence-corrected chi connectivity index (χ4v) is 9.65. The zero-order chi connectivity index (χ0) is 28.3. The maximum absolute atomic E-state index is 15.0. The zero-order valence-corrected chi connectivity index (χ0v) is 24.8. The highest BCUT2D eigenvalue weighted by Crippen LogP contribution is 2.75. The molecule has 8 atom stereocenters. The molecule has 1 aliphatic heterocycles. The Morgan fingerprint density at radius 2 is 1.92 bits per heavy atom. The first-order valence-electron chi connectivity index (χ1n) is 14.7. The van der Waals surface area contributed by atoms with Crippen molar-refractivity contribution in [2.24, 2.45) is 45.8 Å². The Bertz CT molecular complexity index is 1260. The van der Waals surface area contributed by atoms with Gasteiger partial charge in [0, 0.05) is 18.4 Å². The van der Waals surface area contributed by atoms with Crippen molar-refractivity contribution in [2.75, 3.05) is 13.7 Å². The molecule has 2 saturated carbocycles. The molecule has 6 aliphatic rings. The quantitative estimate of drug-likeness (QED) is 0.351. The fourth-order valence-electron chi connectivity index (χ4n) is 9.65. The van der Waals surface area contributed by atoms with Crippen molar-refractivity contribution in [1.29, 1.82) is 0 Å². The van der Waals surface area contributed by atoms with Crippen LogP contribution in [0, 0.1) is 45.8 Å². The van der Waals surface area contributed by atoms with Crippen molar-refractivity contribution in [3.63, 3.8) is 0 Å². The lowest BCUT2D eigenvalue weighted by molar-refractivity contribution is -0.154. The largest absolute Gasteiger partial charge is 0.441 e. The van der Waals surface area contributed by atoms with Crippen LogP contribution in [-0.4, -0.2) is 42.1 Å². The lowest BCUT2D eigenvalue weighted by Crippen LogP contribution is -2.58. The van der Waals surface area contributed by atoms with E-state index in [4.69, 9.17) is 9.47 Å². The summed E-state index contributed by atoms with van der Waals surface area (Å²) in [5.74, 6) is 0.670. The number of nitrogens with zero attached hydrogens (tertiary/aromatic N) is 1. The molecule has 6 rings (SSSR count). The van der Waals surface area contributed by atoms with E-state index in [0.717, 1.165) is 18.4 Å². The number of ketones is 1. The molecule has 0 aromatic heterocycles. The van der Waals surface area contributed by atoms with Crippen molar-refractivity contribution in [3.8, 4) is 0 Å². The van der Waals surface area contributed by atoms with Gasteiger partial charge in [-0.05, 0) is 92.8 Å². The molecule has 5 aliphatic carbocycles. The van der Waals surface area contributed by atoms with E-state index in [9.17, 15) is 14.0 Å². The lowest BCUT2D eigenvalue weighted by atomic mass is 9.50. The van der Waals surface area contributed by atoms with Crippen LogP contribution in [0.25, 0.3) is 0 Å². The van der Waals surface area contributed by atoms with Crippen LogP contribution < -0.4 is 0 Å². The Labute approximate surface area is 232 Å². The molecule has 1 heterocycles. The molecule has 1 amide bonds. The number of fused-ring (bicyclic) bond motifs is 5. The van der Waals surface area contributed by atoms with Crippen LogP contribution in [0.1, 0.15) is 74.1 Å². The number of rotatable bonds is 2. The molecule has 5 nitrogen and oxygen atoms in total. The molecule has 0 aromatic carbocycles. The van der Waals surface area contributed by atoms with Gasteiger partial charge in [-0.15, -0.1) is 0 Å². The Kier molecular flexibility index (Phi) is 5.82. The second-order valence-electron chi connectivity index (χ2n) is 14.6. The normalized spacial score (nSPS) is 43.3. The molecule has 6 heteroatoms. The van der Waals surface area contributed by atoms with Gasteiger partial charge in [-0.25, -0.2) is 9.18 Å². The first-order valence-corrected chi connectivity index (χ1v) is 14.7. The number of amides is 1. The van der Waals surface area contributed by atoms with E-state index in [0.29, 0.717) is 37.0 Å². The van der Waals surface area contributed by atoms with E-state index >= 15 is 0 Å². The highest BCUT2D eigenvalue weighted by molar-refractivity contribution is 5.94.